The van der Waals surface area contributed by atoms with Gasteiger partial charge in [-0.05, 0) is 25.3 Å². The van der Waals surface area contributed by atoms with Crippen molar-refractivity contribution in [2.24, 2.45) is 0 Å². The third-order valence-corrected chi connectivity index (χ3v) is 5.73. The van der Waals surface area contributed by atoms with E-state index in [4.69, 9.17) is 9.97 Å². The summed E-state index contributed by atoms with van der Waals surface area (Å²) in [4.78, 5) is 10.8. The van der Waals surface area contributed by atoms with Crippen LogP contribution in [-0.2, 0) is 6.54 Å². The molecule has 2 N–H and O–H groups in total. The first-order chi connectivity index (χ1) is 12.8. The van der Waals surface area contributed by atoms with Crippen molar-refractivity contribution in [3.05, 3.63) is 59.0 Å². The number of aromatic amines is 1. The van der Waals surface area contributed by atoms with Crippen LogP contribution in [0.4, 0.5) is 5.82 Å². The van der Waals surface area contributed by atoms with Crippen molar-refractivity contribution in [3.8, 4) is 11.1 Å². The molecule has 0 amide bonds. The van der Waals surface area contributed by atoms with Crippen LogP contribution < -0.4 is 5.32 Å². The predicted molar refractivity (Wildman–Crippen MR) is 105 cm³/mol. The van der Waals surface area contributed by atoms with Crippen LogP contribution in [0.5, 0.6) is 0 Å². The number of aromatic nitrogens is 4. The Labute approximate surface area is 155 Å². The van der Waals surface area contributed by atoms with E-state index >= 15 is 0 Å². The van der Waals surface area contributed by atoms with Gasteiger partial charge in [-0.25, -0.2) is 9.97 Å². The summed E-state index contributed by atoms with van der Waals surface area (Å²) in [5.74, 6) is 2.43. The Bertz CT molecular complexity index is 1060. The summed E-state index contributed by atoms with van der Waals surface area (Å²) in [5.41, 5.74) is 4.63. The minimum Gasteiger partial charge on any atom is -0.365 e. The molecule has 0 spiro atoms. The minimum atomic E-state index is 0.526. The number of hydrogen-bond acceptors (Lipinski definition) is 5. The lowest BCUT2D eigenvalue weighted by molar-refractivity contribution is 0.944. The number of fused-ring (bicyclic) bond motifs is 1. The molecule has 130 valence electrons. The van der Waals surface area contributed by atoms with Gasteiger partial charge in [0, 0.05) is 34.7 Å². The summed E-state index contributed by atoms with van der Waals surface area (Å²) in [7, 11) is 0. The van der Waals surface area contributed by atoms with E-state index in [0.717, 1.165) is 33.1 Å². The molecule has 1 saturated carbocycles. The Morgan fingerprint density at radius 1 is 1.19 bits per heavy atom. The summed E-state index contributed by atoms with van der Waals surface area (Å²) >= 11 is 1.70. The fourth-order valence-electron chi connectivity index (χ4n) is 3.17. The molecular formula is C20H19N5S. The van der Waals surface area contributed by atoms with Crippen LogP contribution in [0.15, 0.2) is 41.9 Å². The first-order valence-corrected chi connectivity index (χ1v) is 9.75. The zero-order valence-corrected chi connectivity index (χ0v) is 15.3. The van der Waals surface area contributed by atoms with Crippen LogP contribution in [0, 0.1) is 6.92 Å². The molecule has 5 rings (SSSR count). The van der Waals surface area contributed by atoms with Gasteiger partial charge in [0.05, 0.1) is 11.6 Å². The van der Waals surface area contributed by atoms with Crippen LogP contribution in [0.1, 0.15) is 35.8 Å². The molecule has 1 fully saturated rings. The molecule has 0 unspecified atom stereocenters. The van der Waals surface area contributed by atoms with Gasteiger partial charge in [0.1, 0.15) is 16.5 Å². The van der Waals surface area contributed by atoms with Crippen molar-refractivity contribution >= 4 is 27.4 Å². The van der Waals surface area contributed by atoms with E-state index in [2.05, 4.69) is 45.2 Å². The number of aryl methyl sites for hydroxylation is 1. The van der Waals surface area contributed by atoms with E-state index in [1.54, 1.807) is 11.3 Å². The average Bonchev–Trinajstić information content (AvgIpc) is 3.31. The number of anilines is 1. The van der Waals surface area contributed by atoms with Crippen molar-refractivity contribution < 1.29 is 0 Å². The van der Waals surface area contributed by atoms with E-state index in [1.807, 2.05) is 19.2 Å². The van der Waals surface area contributed by atoms with Crippen molar-refractivity contribution in [3.63, 3.8) is 0 Å². The molecule has 5 nitrogen and oxygen atoms in total. The molecule has 6 heteroatoms. The van der Waals surface area contributed by atoms with Gasteiger partial charge in [-0.15, -0.1) is 11.3 Å². The van der Waals surface area contributed by atoms with Crippen LogP contribution in [-0.4, -0.2) is 20.2 Å². The van der Waals surface area contributed by atoms with Gasteiger partial charge in [0.15, 0.2) is 0 Å². The zero-order chi connectivity index (χ0) is 17.5. The number of hydrogen-bond donors (Lipinski definition) is 2. The second-order valence-corrected chi connectivity index (χ2v) is 7.63. The van der Waals surface area contributed by atoms with E-state index in [0.29, 0.717) is 12.5 Å². The van der Waals surface area contributed by atoms with Crippen LogP contribution in [0.3, 0.4) is 0 Å². The average molecular weight is 361 g/mol. The molecule has 26 heavy (non-hydrogen) atoms. The molecule has 1 aliphatic rings. The zero-order valence-electron chi connectivity index (χ0n) is 14.5. The quantitative estimate of drug-likeness (QED) is 0.532. The Balaban J connectivity index is 1.61. The number of nitrogens with one attached hydrogen (secondary N) is 2. The van der Waals surface area contributed by atoms with Gasteiger partial charge in [-0.1, -0.05) is 30.3 Å². The highest BCUT2D eigenvalue weighted by Gasteiger charge is 2.28. The number of thiophene rings is 1. The minimum absolute atomic E-state index is 0.526. The summed E-state index contributed by atoms with van der Waals surface area (Å²) in [6.07, 6.45) is 4.26. The number of nitrogens with zero attached hydrogens (tertiary/aromatic N) is 3. The van der Waals surface area contributed by atoms with Crippen molar-refractivity contribution in [2.75, 3.05) is 5.32 Å². The highest BCUT2D eigenvalue weighted by Crippen LogP contribution is 2.42. The van der Waals surface area contributed by atoms with Gasteiger partial charge in [-0.2, -0.15) is 5.10 Å². The smallest absolute Gasteiger partial charge is 0.139 e. The lowest BCUT2D eigenvalue weighted by atomic mass is 10.1. The molecule has 0 bridgehead atoms. The predicted octanol–water partition coefficient (Wildman–Crippen LogP) is 4.88. The maximum atomic E-state index is 4.90. The monoisotopic (exact) mass is 361 g/mol. The van der Waals surface area contributed by atoms with Gasteiger partial charge in [-0.3, -0.25) is 5.10 Å². The topological polar surface area (TPSA) is 66.5 Å². The Morgan fingerprint density at radius 2 is 2.04 bits per heavy atom. The second kappa shape index (κ2) is 6.21. The van der Waals surface area contributed by atoms with E-state index in [1.165, 1.54) is 24.0 Å². The lowest BCUT2D eigenvalue weighted by Gasteiger charge is -2.10. The standard InChI is InChI=1S/C20H19N5S/c1-12-15(10-22-25-12)9-21-19-17-16(13-5-3-2-4-6-13)11-26-20(17)24-18(23-19)14-7-8-14/h2-6,10-11,14H,7-9H2,1H3,(H,22,25)(H,21,23,24). The summed E-state index contributed by atoms with van der Waals surface area (Å²) < 4.78 is 0. The van der Waals surface area contributed by atoms with Crippen LogP contribution in [0.2, 0.25) is 0 Å². The molecule has 0 aliphatic heterocycles. The third-order valence-electron chi connectivity index (χ3n) is 4.86. The van der Waals surface area contributed by atoms with Gasteiger partial charge in [0.2, 0.25) is 0 Å². The lowest BCUT2D eigenvalue weighted by Crippen LogP contribution is -2.05. The second-order valence-electron chi connectivity index (χ2n) is 6.77. The van der Waals surface area contributed by atoms with Gasteiger partial charge < -0.3 is 5.32 Å². The fourth-order valence-corrected chi connectivity index (χ4v) is 4.13. The SMILES string of the molecule is Cc1[nH]ncc1CNc1nc(C2CC2)nc2scc(-c3ccccc3)c12. The van der Waals surface area contributed by atoms with E-state index in [-0.39, 0.29) is 0 Å². The highest BCUT2D eigenvalue weighted by atomic mass is 32.1. The maximum absolute atomic E-state index is 4.90. The summed E-state index contributed by atoms with van der Waals surface area (Å²) in [6.45, 7) is 2.73. The van der Waals surface area contributed by atoms with Crippen molar-refractivity contribution in [1.82, 2.24) is 20.2 Å². The van der Waals surface area contributed by atoms with E-state index in [9.17, 15) is 0 Å². The maximum Gasteiger partial charge on any atom is 0.139 e. The van der Waals surface area contributed by atoms with E-state index < -0.39 is 0 Å². The summed E-state index contributed by atoms with van der Waals surface area (Å²) in [5, 5.41) is 14.0. The van der Waals surface area contributed by atoms with Gasteiger partial charge >= 0.3 is 0 Å². The Morgan fingerprint density at radius 3 is 2.77 bits per heavy atom. The van der Waals surface area contributed by atoms with Crippen LogP contribution in [0.25, 0.3) is 21.3 Å². The number of rotatable bonds is 5. The summed E-state index contributed by atoms with van der Waals surface area (Å²) in [6, 6.07) is 10.5. The number of benzene rings is 1. The third kappa shape index (κ3) is 2.76. The first kappa shape index (κ1) is 15.5. The fraction of sp³-hybridized carbons (Fsp3) is 0.250. The molecule has 4 aromatic rings. The molecular weight excluding hydrogens is 342 g/mol. The molecule has 1 aromatic carbocycles. The first-order valence-electron chi connectivity index (χ1n) is 8.87. The largest absolute Gasteiger partial charge is 0.365 e. The Hall–Kier alpha value is -2.73. The van der Waals surface area contributed by atoms with Crippen molar-refractivity contribution in [1.29, 1.82) is 0 Å². The number of H-pyrrole nitrogens is 1. The molecule has 0 radical (unpaired) electrons. The van der Waals surface area contributed by atoms with Crippen LogP contribution >= 0.6 is 11.3 Å². The van der Waals surface area contributed by atoms with Crippen molar-refractivity contribution in [2.45, 2.75) is 32.2 Å². The Kier molecular flexibility index (Phi) is 3.71. The van der Waals surface area contributed by atoms with Gasteiger partial charge in [0.25, 0.3) is 0 Å². The highest BCUT2D eigenvalue weighted by molar-refractivity contribution is 7.17. The molecule has 3 aromatic heterocycles. The molecule has 0 saturated heterocycles. The normalized spacial score (nSPS) is 14.0. The molecule has 0 atom stereocenters. The molecule has 1 aliphatic carbocycles. The molecule has 3 heterocycles.